The third kappa shape index (κ3) is 1.53. The number of nitrogens with two attached hydrogens (primary N) is 1. The highest BCUT2D eigenvalue weighted by molar-refractivity contribution is 5.87. The Kier molecular flexibility index (Phi) is 2.13. The van der Waals surface area contributed by atoms with Gasteiger partial charge in [-0.25, -0.2) is 9.97 Å². The van der Waals surface area contributed by atoms with Crippen LogP contribution in [0.5, 0.6) is 0 Å². The summed E-state index contributed by atoms with van der Waals surface area (Å²) < 4.78 is 0. The molecule has 0 aromatic carbocycles. The second kappa shape index (κ2) is 3.78. The van der Waals surface area contributed by atoms with Gasteiger partial charge in [-0.15, -0.1) is 0 Å². The number of anilines is 1. The van der Waals surface area contributed by atoms with Crippen molar-refractivity contribution in [2.75, 3.05) is 5.73 Å². The average molecular weight is 237 g/mol. The molecule has 3 aromatic rings. The van der Waals surface area contributed by atoms with E-state index < -0.39 is 0 Å². The third-order valence-electron chi connectivity index (χ3n) is 2.44. The molecule has 7 heteroatoms. The number of imidazole rings is 1. The number of H-pyrrole nitrogens is 1. The Morgan fingerprint density at radius 3 is 3.00 bits per heavy atom. The summed E-state index contributed by atoms with van der Waals surface area (Å²) >= 11 is 0. The molecule has 0 atom stereocenters. The maximum Gasteiger partial charge on any atom is 0.222 e. The molecule has 0 aliphatic heterocycles. The van der Waals surface area contributed by atoms with E-state index in [1.54, 1.807) is 12.3 Å². The van der Waals surface area contributed by atoms with Gasteiger partial charge in [0.2, 0.25) is 5.95 Å². The second-order valence-electron chi connectivity index (χ2n) is 3.61. The van der Waals surface area contributed by atoms with Gasteiger partial charge in [-0.3, -0.25) is 4.98 Å². The van der Waals surface area contributed by atoms with Gasteiger partial charge in [0.1, 0.15) is 17.3 Å². The number of aromatic amines is 1. The predicted molar refractivity (Wildman–Crippen MR) is 64.0 cm³/mol. The Bertz CT molecular complexity index is 768. The molecule has 3 rings (SSSR count). The van der Waals surface area contributed by atoms with Crippen LogP contribution < -0.4 is 5.73 Å². The number of nitriles is 1. The summed E-state index contributed by atoms with van der Waals surface area (Å²) in [5.41, 5.74) is 8.51. The Balaban J connectivity index is 2.30. The van der Waals surface area contributed by atoms with Crippen LogP contribution in [0.4, 0.5) is 5.95 Å². The lowest BCUT2D eigenvalue weighted by atomic mass is 10.1. The predicted octanol–water partition coefficient (Wildman–Crippen LogP) is 0.869. The fourth-order valence-electron chi connectivity index (χ4n) is 1.69. The molecule has 0 saturated carbocycles. The van der Waals surface area contributed by atoms with Gasteiger partial charge in [-0.2, -0.15) is 10.2 Å². The van der Waals surface area contributed by atoms with Crippen LogP contribution in [0.25, 0.3) is 22.4 Å². The van der Waals surface area contributed by atoms with Crippen LogP contribution >= 0.6 is 0 Å². The first-order valence-corrected chi connectivity index (χ1v) is 5.10. The minimum absolute atomic E-state index is 0.131. The molecular weight excluding hydrogens is 230 g/mol. The summed E-state index contributed by atoms with van der Waals surface area (Å²) in [7, 11) is 0. The monoisotopic (exact) mass is 237 g/mol. The molecule has 0 amide bonds. The number of rotatable bonds is 1. The number of nitrogens with one attached hydrogen (secondary N) is 1. The molecule has 3 N–H and O–H groups in total. The molecule has 0 unspecified atom stereocenters. The normalized spacial score (nSPS) is 10.4. The second-order valence-corrected chi connectivity index (χ2v) is 3.61. The van der Waals surface area contributed by atoms with Gasteiger partial charge in [0.05, 0.1) is 11.9 Å². The zero-order valence-electron chi connectivity index (χ0n) is 9.12. The van der Waals surface area contributed by atoms with Gasteiger partial charge in [-0.1, -0.05) is 0 Å². The van der Waals surface area contributed by atoms with Crippen molar-refractivity contribution in [1.82, 2.24) is 24.9 Å². The molecule has 7 nitrogen and oxygen atoms in total. The Hall–Kier alpha value is -3.01. The third-order valence-corrected chi connectivity index (χ3v) is 2.44. The first-order valence-electron chi connectivity index (χ1n) is 5.10. The van der Waals surface area contributed by atoms with Crippen molar-refractivity contribution in [3.8, 4) is 17.3 Å². The number of nitrogens with zero attached hydrogens (tertiary/aromatic N) is 5. The largest absolute Gasteiger partial charge is 0.368 e. The number of aromatic nitrogens is 5. The van der Waals surface area contributed by atoms with E-state index in [0.29, 0.717) is 28.0 Å². The van der Waals surface area contributed by atoms with Crippen molar-refractivity contribution < 1.29 is 0 Å². The zero-order chi connectivity index (χ0) is 12.5. The summed E-state index contributed by atoms with van der Waals surface area (Å²) in [6.45, 7) is 0. The van der Waals surface area contributed by atoms with Crippen LogP contribution in [0.3, 0.4) is 0 Å². The van der Waals surface area contributed by atoms with Gasteiger partial charge in [0.25, 0.3) is 0 Å². The van der Waals surface area contributed by atoms with Crippen LogP contribution in [0.15, 0.2) is 24.8 Å². The lowest BCUT2D eigenvalue weighted by Gasteiger charge is -2.02. The quantitative estimate of drug-likeness (QED) is 0.648. The maximum atomic E-state index is 8.87. The van der Waals surface area contributed by atoms with Crippen LogP contribution in [0.2, 0.25) is 0 Å². The summed E-state index contributed by atoms with van der Waals surface area (Å²) in [5, 5.41) is 8.87. The summed E-state index contributed by atoms with van der Waals surface area (Å²) in [4.78, 5) is 19.1. The molecule has 86 valence electrons. The summed E-state index contributed by atoms with van der Waals surface area (Å²) in [6, 6.07) is 3.72. The topological polar surface area (TPSA) is 117 Å². The number of nitrogen functional groups attached to an aromatic ring is 1. The molecule has 0 saturated heterocycles. The van der Waals surface area contributed by atoms with E-state index in [1.165, 1.54) is 12.5 Å². The van der Waals surface area contributed by atoms with E-state index >= 15 is 0 Å². The first kappa shape index (κ1) is 10.2. The Morgan fingerprint density at radius 2 is 2.17 bits per heavy atom. The number of hydrogen-bond donors (Lipinski definition) is 2. The molecule has 0 radical (unpaired) electrons. The smallest absolute Gasteiger partial charge is 0.222 e. The number of fused-ring (bicyclic) bond motifs is 1. The van der Waals surface area contributed by atoms with Crippen LogP contribution in [0, 0.1) is 11.3 Å². The summed E-state index contributed by atoms with van der Waals surface area (Å²) in [6.07, 6.45) is 4.62. The van der Waals surface area contributed by atoms with Gasteiger partial charge < -0.3 is 10.7 Å². The van der Waals surface area contributed by atoms with Gasteiger partial charge in [0.15, 0.2) is 5.65 Å². The van der Waals surface area contributed by atoms with Crippen molar-refractivity contribution >= 4 is 17.1 Å². The molecule has 0 spiro atoms. The van der Waals surface area contributed by atoms with Crippen LogP contribution in [-0.4, -0.2) is 24.9 Å². The highest BCUT2D eigenvalue weighted by Crippen LogP contribution is 2.24. The Morgan fingerprint density at radius 1 is 1.28 bits per heavy atom. The van der Waals surface area contributed by atoms with Crippen LogP contribution in [0.1, 0.15) is 5.56 Å². The van der Waals surface area contributed by atoms with E-state index in [1.807, 2.05) is 6.07 Å². The Labute approximate surface area is 101 Å². The minimum atomic E-state index is 0.131. The molecule has 3 aromatic heterocycles. The zero-order valence-corrected chi connectivity index (χ0v) is 9.12. The van der Waals surface area contributed by atoms with Gasteiger partial charge in [-0.05, 0) is 6.07 Å². The van der Waals surface area contributed by atoms with Gasteiger partial charge >= 0.3 is 0 Å². The van der Waals surface area contributed by atoms with E-state index in [-0.39, 0.29) is 5.95 Å². The molecule has 0 aliphatic carbocycles. The van der Waals surface area contributed by atoms with E-state index in [4.69, 9.17) is 11.0 Å². The molecule has 0 aliphatic rings. The standard InChI is InChI=1S/C11H7N7/c12-2-6-1-7(4-14-3-6)8-9-10(16-5-15-9)18-11(13)17-8/h1,3-5H,(H3,13,15,16,17,18). The van der Waals surface area contributed by atoms with Crippen molar-refractivity contribution in [3.05, 3.63) is 30.4 Å². The van der Waals surface area contributed by atoms with Crippen molar-refractivity contribution in [2.45, 2.75) is 0 Å². The lowest BCUT2D eigenvalue weighted by Crippen LogP contribution is -1.98. The highest BCUT2D eigenvalue weighted by Gasteiger charge is 2.11. The maximum absolute atomic E-state index is 8.87. The highest BCUT2D eigenvalue weighted by atomic mass is 15.1. The molecular formula is C11H7N7. The van der Waals surface area contributed by atoms with Crippen LogP contribution in [-0.2, 0) is 0 Å². The average Bonchev–Trinajstić information content (AvgIpc) is 2.85. The van der Waals surface area contributed by atoms with Crippen molar-refractivity contribution in [3.63, 3.8) is 0 Å². The minimum Gasteiger partial charge on any atom is -0.368 e. The molecule has 3 heterocycles. The SMILES string of the molecule is N#Cc1cncc(-c2nc(N)nc3nc[nH]c23)c1. The molecule has 0 bridgehead atoms. The first-order chi connectivity index (χ1) is 8.78. The molecule has 0 fully saturated rings. The van der Waals surface area contributed by atoms with Crippen molar-refractivity contribution in [1.29, 1.82) is 5.26 Å². The molecule has 18 heavy (non-hydrogen) atoms. The van der Waals surface area contributed by atoms with E-state index in [9.17, 15) is 0 Å². The summed E-state index contributed by atoms with van der Waals surface area (Å²) in [5.74, 6) is 0.131. The number of hydrogen-bond acceptors (Lipinski definition) is 6. The van der Waals surface area contributed by atoms with E-state index in [0.717, 1.165) is 0 Å². The fraction of sp³-hybridized carbons (Fsp3) is 0. The fourth-order valence-corrected chi connectivity index (χ4v) is 1.69. The van der Waals surface area contributed by atoms with Gasteiger partial charge in [0, 0.05) is 18.0 Å². The lowest BCUT2D eigenvalue weighted by molar-refractivity contribution is 1.21. The van der Waals surface area contributed by atoms with E-state index in [2.05, 4.69) is 24.9 Å². The number of pyridine rings is 1. The van der Waals surface area contributed by atoms with Crippen molar-refractivity contribution in [2.24, 2.45) is 0 Å².